The second-order valence-electron chi connectivity index (χ2n) is 5.70. The number of rotatable bonds is 4. The Kier molecular flexibility index (Phi) is 5.07. The van der Waals surface area contributed by atoms with Gasteiger partial charge in [-0.15, -0.1) is 10.2 Å². The van der Waals surface area contributed by atoms with Crippen LogP contribution >= 0.6 is 0 Å². The van der Waals surface area contributed by atoms with Crippen LogP contribution in [0.5, 0.6) is 5.75 Å². The van der Waals surface area contributed by atoms with Gasteiger partial charge in [-0.3, -0.25) is 0 Å². The number of nitrogens with zero attached hydrogens (tertiary/aromatic N) is 4. The number of aryl methyl sites for hydroxylation is 1. The molecule has 0 fully saturated rings. The average molecular weight is 320 g/mol. The minimum Gasteiger partial charge on any atom is -0.496 e. The topological polar surface area (TPSA) is 63.7 Å². The molecule has 1 aliphatic heterocycles. The summed E-state index contributed by atoms with van der Waals surface area (Å²) >= 11 is 0. The highest BCUT2D eigenvalue weighted by atomic mass is 16.5. The zero-order valence-electron chi connectivity index (χ0n) is 13.8. The molecule has 0 N–H and O–H groups in total. The Labute approximate surface area is 141 Å². The highest BCUT2D eigenvalue weighted by Gasteiger charge is 2.17. The number of nitriles is 1. The number of para-hydroxylation sites is 1. The molecule has 0 radical (unpaired) electrons. The van der Waals surface area contributed by atoms with E-state index in [1.54, 1.807) is 13.2 Å². The SMILES string of the molecule is COc1ccccc1C=CC=C(C#N)c1nnc2n1CCCCC2. The standard InChI is InChI=1S/C19H20N4O/c1-24-17-11-5-4-8-15(17)9-7-10-16(14-20)19-22-21-18-12-3-2-6-13-23(18)19/h4-5,7-11H,2-3,6,12-13H2,1H3. The van der Waals surface area contributed by atoms with Gasteiger partial charge < -0.3 is 9.30 Å². The number of allylic oxidation sites excluding steroid dienone is 3. The van der Waals surface area contributed by atoms with E-state index in [2.05, 4.69) is 20.8 Å². The van der Waals surface area contributed by atoms with Gasteiger partial charge in [-0.2, -0.15) is 5.26 Å². The van der Waals surface area contributed by atoms with Gasteiger partial charge in [-0.1, -0.05) is 36.8 Å². The number of hydrogen-bond donors (Lipinski definition) is 0. The molecule has 122 valence electrons. The van der Waals surface area contributed by atoms with Gasteiger partial charge in [-0.05, 0) is 25.0 Å². The highest BCUT2D eigenvalue weighted by Crippen LogP contribution is 2.21. The maximum Gasteiger partial charge on any atom is 0.174 e. The average Bonchev–Trinajstić information content (AvgIpc) is 2.87. The summed E-state index contributed by atoms with van der Waals surface area (Å²) in [4.78, 5) is 0. The van der Waals surface area contributed by atoms with Crippen LogP contribution in [-0.4, -0.2) is 21.9 Å². The predicted octanol–water partition coefficient (Wildman–Crippen LogP) is 3.63. The van der Waals surface area contributed by atoms with Crippen molar-refractivity contribution in [2.45, 2.75) is 32.2 Å². The van der Waals surface area contributed by atoms with Gasteiger partial charge in [0.2, 0.25) is 0 Å². The first-order valence-corrected chi connectivity index (χ1v) is 8.17. The molecule has 3 rings (SSSR count). The first-order valence-electron chi connectivity index (χ1n) is 8.17. The number of aromatic nitrogens is 3. The van der Waals surface area contributed by atoms with Crippen LogP contribution in [0.3, 0.4) is 0 Å². The summed E-state index contributed by atoms with van der Waals surface area (Å²) in [6.45, 7) is 0.882. The monoisotopic (exact) mass is 320 g/mol. The van der Waals surface area contributed by atoms with E-state index in [9.17, 15) is 5.26 Å². The van der Waals surface area contributed by atoms with Crippen molar-refractivity contribution in [3.63, 3.8) is 0 Å². The summed E-state index contributed by atoms with van der Waals surface area (Å²) in [7, 11) is 1.65. The number of ether oxygens (including phenoxy) is 1. The summed E-state index contributed by atoms with van der Waals surface area (Å²) in [5.74, 6) is 2.45. The van der Waals surface area contributed by atoms with Crippen molar-refractivity contribution >= 4 is 11.6 Å². The Bertz CT molecular complexity index is 811. The van der Waals surface area contributed by atoms with Crippen LogP contribution in [0.25, 0.3) is 11.6 Å². The number of fused-ring (bicyclic) bond motifs is 1. The Morgan fingerprint density at radius 1 is 1.25 bits per heavy atom. The molecule has 0 saturated carbocycles. The minimum atomic E-state index is 0.529. The maximum atomic E-state index is 9.51. The lowest BCUT2D eigenvalue weighted by atomic mass is 10.1. The van der Waals surface area contributed by atoms with E-state index in [0.717, 1.165) is 42.9 Å². The third-order valence-electron chi connectivity index (χ3n) is 4.15. The Morgan fingerprint density at radius 2 is 2.12 bits per heavy atom. The van der Waals surface area contributed by atoms with Gasteiger partial charge in [-0.25, -0.2) is 0 Å². The van der Waals surface area contributed by atoms with Gasteiger partial charge in [0, 0.05) is 18.5 Å². The molecule has 0 bridgehead atoms. The zero-order chi connectivity index (χ0) is 16.8. The van der Waals surface area contributed by atoms with E-state index in [1.165, 1.54) is 6.42 Å². The van der Waals surface area contributed by atoms with Gasteiger partial charge in [0.25, 0.3) is 0 Å². The third-order valence-corrected chi connectivity index (χ3v) is 4.15. The molecule has 0 saturated heterocycles. The molecule has 0 spiro atoms. The van der Waals surface area contributed by atoms with Crippen molar-refractivity contribution in [3.8, 4) is 11.8 Å². The highest BCUT2D eigenvalue weighted by molar-refractivity contribution is 5.75. The summed E-state index contributed by atoms with van der Waals surface area (Å²) in [5.41, 5.74) is 1.50. The summed E-state index contributed by atoms with van der Waals surface area (Å²) in [6.07, 6.45) is 9.94. The normalized spacial score (nSPS) is 14.9. The van der Waals surface area contributed by atoms with Crippen molar-refractivity contribution in [1.82, 2.24) is 14.8 Å². The van der Waals surface area contributed by atoms with Gasteiger partial charge in [0.05, 0.1) is 12.7 Å². The fourth-order valence-corrected chi connectivity index (χ4v) is 2.90. The molecule has 5 nitrogen and oxygen atoms in total. The lowest BCUT2D eigenvalue weighted by Crippen LogP contribution is -2.05. The van der Waals surface area contributed by atoms with Crippen LogP contribution in [0, 0.1) is 11.3 Å². The van der Waals surface area contributed by atoms with Crippen molar-refractivity contribution in [2.75, 3.05) is 7.11 Å². The lowest BCUT2D eigenvalue weighted by molar-refractivity contribution is 0.414. The molecule has 1 aromatic carbocycles. The van der Waals surface area contributed by atoms with Crippen molar-refractivity contribution in [2.24, 2.45) is 0 Å². The molecule has 1 aliphatic rings. The quantitative estimate of drug-likeness (QED) is 0.637. The van der Waals surface area contributed by atoms with Crippen molar-refractivity contribution in [1.29, 1.82) is 5.26 Å². The van der Waals surface area contributed by atoms with Crippen LogP contribution in [-0.2, 0) is 13.0 Å². The Balaban J connectivity index is 1.87. The molecule has 0 amide bonds. The van der Waals surface area contributed by atoms with E-state index in [-0.39, 0.29) is 0 Å². The molecule has 0 atom stereocenters. The Hall–Kier alpha value is -2.87. The number of benzene rings is 1. The van der Waals surface area contributed by atoms with Crippen LogP contribution in [0.2, 0.25) is 0 Å². The lowest BCUT2D eigenvalue weighted by Gasteiger charge is -2.05. The molecular weight excluding hydrogens is 300 g/mol. The maximum absolute atomic E-state index is 9.51. The van der Waals surface area contributed by atoms with E-state index >= 15 is 0 Å². The summed E-state index contributed by atoms with van der Waals surface area (Å²) in [5, 5.41) is 18.0. The van der Waals surface area contributed by atoms with Gasteiger partial charge >= 0.3 is 0 Å². The van der Waals surface area contributed by atoms with Crippen molar-refractivity contribution in [3.05, 3.63) is 53.6 Å². The molecule has 0 unspecified atom stereocenters. The molecule has 2 heterocycles. The van der Waals surface area contributed by atoms with Crippen LogP contribution < -0.4 is 4.74 Å². The molecule has 1 aromatic heterocycles. The summed E-state index contributed by atoms with van der Waals surface area (Å²) < 4.78 is 7.41. The first-order chi connectivity index (χ1) is 11.8. The molecule has 0 aliphatic carbocycles. The molecule has 2 aromatic rings. The van der Waals surface area contributed by atoms with Gasteiger partial charge in [0.15, 0.2) is 5.82 Å². The third kappa shape index (κ3) is 3.38. The van der Waals surface area contributed by atoms with Crippen LogP contribution in [0.4, 0.5) is 0 Å². The van der Waals surface area contributed by atoms with Crippen LogP contribution in [0.1, 0.15) is 36.5 Å². The smallest absolute Gasteiger partial charge is 0.174 e. The van der Waals surface area contributed by atoms with E-state index < -0.39 is 0 Å². The van der Waals surface area contributed by atoms with Crippen LogP contribution in [0.15, 0.2) is 36.4 Å². The number of hydrogen-bond acceptors (Lipinski definition) is 4. The van der Waals surface area contributed by atoms with Crippen molar-refractivity contribution < 1.29 is 4.74 Å². The number of methoxy groups -OCH3 is 1. The Morgan fingerprint density at radius 3 is 2.96 bits per heavy atom. The second kappa shape index (κ2) is 7.60. The predicted molar refractivity (Wildman–Crippen MR) is 93.2 cm³/mol. The van der Waals surface area contributed by atoms with E-state index in [0.29, 0.717) is 11.4 Å². The molecular formula is C19H20N4O. The second-order valence-corrected chi connectivity index (χ2v) is 5.70. The first kappa shape index (κ1) is 16.0. The van der Waals surface area contributed by atoms with E-state index in [1.807, 2.05) is 36.4 Å². The largest absolute Gasteiger partial charge is 0.496 e. The zero-order valence-corrected chi connectivity index (χ0v) is 13.8. The molecule has 5 heteroatoms. The van der Waals surface area contributed by atoms with E-state index in [4.69, 9.17) is 4.74 Å². The summed E-state index contributed by atoms with van der Waals surface area (Å²) in [6, 6.07) is 10.0. The fraction of sp³-hybridized carbons (Fsp3) is 0.316. The van der Waals surface area contributed by atoms with Gasteiger partial charge in [0.1, 0.15) is 17.6 Å². The molecule has 24 heavy (non-hydrogen) atoms. The fourth-order valence-electron chi connectivity index (χ4n) is 2.90. The minimum absolute atomic E-state index is 0.529.